The molecule has 0 saturated carbocycles. The fourth-order valence-corrected chi connectivity index (χ4v) is 2.69. The van der Waals surface area contributed by atoms with Crippen LogP contribution in [0.3, 0.4) is 0 Å². The van der Waals surface area contributed by atoms with Crippen LogP contribution in [0.25, 0.3) is 0 Å². The molecule has 5 heteroatoms. The Labute approximate surface area is 142 Å². The van der Waals surface area contributed by atoms with Crippen LogP contribution in [0.15, 0.2) is 0 Å². The zero-order chi connectivity index (χ0) is 17.2. The minimum absolute atomic E-state index is 0.00470. The zero-order valence-corrected chi connectivity index (χ0v) is 15.1. The number of hydrogen-bond donors (Lipinski definition) is 3. The number of rotatable bonds is 17. The van der Waals surface area contributed by atoms with E-state index in [9.17, 15) is 4.79 Å². The lowest BCUT2D eigenvalue weighted by molar-refractivity contribution is -0.305. The van der Waals surface area contributed by atoms with Crippen LogP contribution >= 0.6 is 0 Å². The first-order valence-electron chi connectivity index (χ1n) is 9.58. The first kappa shape index (κ1) is 22.4. The van der Waals surface area contributed by atoms with Crippen molar-refractivity contribution in [2.75, 3.05) is 13.1 Å². The van der Waals surface area contributed by atoms with E-state index < -0.39 is 0 Å². The summed E-state index contributed by atoms with van der Waals surface area (Å²) in [6.45, 7) is 2.56. The Bertz CT molecular complexity index is 261. The molecule has 5 nitrogen and oxygen atoms in total. The van der Waals surface area contributed by atoms with E-state index in [1.807, 2.05) is 0 Å². The highest BCUT2D eigenvalue weighted by molar-refractivity contribution is 5.75. The molecule has 138 valence electrons. The van der Waals surface area contributed by atoms with Gasteiger partial charge in [0.05, 0.1) is 6.54 Å². The smallest absolute Gasteiger partial charge is 0.220 e. The Kier molecular flexibility index (Phi) is 17.2. The summed E-state index contributed by atoms with van der Waals surface area (Å²) in [5.74, 6) is -0.00470. The number of carbonyl (C=O) groups is 1. The van der Waals surface area contributed by atoms with Gasteiger partial charge in [0, 0.05) is 13.0 Å². The third-order valence-electron chi connectivity index (χ3n) is 4.14. The van der Waals surface area contributed by atoms with Gasteiger partial charge in [-0.2, -0.15) is 0 Å². The number of carbonyl (C=O) groups excluding carboxylic acids is 1. The largest absolute Gasteiger partial charge is 0.355 e. The molecule has 23 heavy (non-hydrogen) atoms. The summed E-state index contributed by atoms with van der Waals surface area (Å²) >= 11 is 0. The van der Waals surface area contributed by atoms with E-state index in [-0.39, 0.29) is 24.2 Å². The standard InChI is InChI=1S/C18H38N2O3/c1-2-3-4-5-6-7-8-9-10-11-12-13-14-15-18(21)19-16-17-20(22)23/h22-23H,2-17H2,1H3,(H,19,21). The lowest BCUT2D eigenvalue weighted by atomic mass is 10.0. The molecule has 3 N–H and O–H groups in total. The number of unbranched alkanes of at least 4 members (excludes halogenated alkanes) is 12. The molecule has 0 aromatic heterocycles. The van der Waals surface area contributed by atoms with Gasteiger partial charge in [-0.05, 0) is 6.42 Å². The lowest BCUT2D eigenvalue weighted by Gasteiger charge is -2.07. The van der Waals surface area contributed by atoms with Crippen molar-refractivity contribution in [3.63, 3.8) is 0 Å². The second-order valence-corrected chi connectivity index (χ2v) is 6.44. The van der Waals surface area contributed by atoms with Crippen LogP contribution in [-0.4, -0.2) is 34.6 Å². The van der Waals surface area contributed by atoms with Gasteiger partial charge in [0.2, 0.25) is 5.91 Å². The van der Waals surface area contributed by atoms with Crippen molar-refractivity contribution >= 4 is 5.91 Å². The summed E-state index contributed by atoms with van der Waals surface area (Å²) < 4.78 is 0. The van der Waals surface area contributed by atoms with Crippen molar-refractivity contribution in [1.29, 1.82) is 0 Å². The highest BCUT2D eigenvalue weighted by atomic mass is 16.8. The third kappa shape index (κ3) is 19.3. The number of nitrogens with zero attached hydrogens (tertiary/aromatic N) is 1. The molecule has 0 aromatic rings. The summed E-state index contributed by atoms with van der Waals surface area (Å²) in [5.41, 5.74) is 0. The van der Waals surface area contributed by atoms with Gasteiger partial charge in [0.15, 0.2) is 0 Å². The Balaban J connectivity index is 3.11. The molecule has 0 aliphatic carbocycles. The first-order valence-corrected chi connectivity index (χ1v) is 9.58. The van der Waals surface area contributed by atoms with E-state index in [0.29, 0.717) is 6.42 Å². The SMILES string of the molecule is CCCCCCCCCCCCCCCC(=O)NCCN(O)O. The second-order valence-electron chi connectivity index (χ2n) is 6.44. The highest BCUT2D eigenvalue weighted by Gasteiger charge is 2.01. The summed E-state index contributed by atoms with van der Waals surface area (Å²) in [4.78, 5) is 11.4. The maximum Gasteiger partial charge on any atom is 0.220 e. The molecule has 1 amide bonds. The molecular weight excluding hydrogens is 292 g/mol. The Morgan fingerprint density at radius 2 is 1.22 bits per heavy atom. The number of nitrogens with one attached hydrogen (secondary N) is 1. The normalized spacial score (nSPS) is 11.1. The van der Waals surface area contributed by atoms with Crippen LogP contribution in [-0.2, 0) is 4.79 Å². The van der Waals surface area contributed by atoms with Gasteiger partial charge >= 0.3 is 0 Å². The van der Waals surface area contributed by atoms with Gasteiger partial charge in [0.1, 0.15) is 0 Å². The summed E-state index contributed by atoms with van der Waals surface area (Å²) in [7, 11) is 0. The van der Waals surface area contributed by atoms with E-state index in [0.717, 1.165) is 12.8 Å². The molecule has 0 fully saturated rings. The van der Waals surface area contributed by atoms with Crippen LogP contribution in [0.5, 0.6) is 0 Å². The quantitative estimate of drug-likeness (QED) is 0.268. The van der Waals surface area contributed by atoms with E-state index in [4.69, 9.17) is 10.4 Å². The molecular formula is C18H38N2O3. The van der Waals surface area contributed by atoms with Crippen molar-refractivity contribution in [3.05, 3.63) is 0 Å². The molecule has 0 spiro atoms. The fraction of sp³-hybridized carbons (Fsp3) is 0.944. The number of hydroxylamine groups is 2. The van der Waals surface area contributed by atoms with E-state index in [1.54, 1.807) is 0 Å². The van der Waals surface area contributed by atoms with Crippen LogP contribution in [0.4, 0.5) is 0 Å². The van der Waals surface area contributed by atoms with Gasteiger partial charge in [0.25, 0.3) is 0 Å². The van der Waals surface area contributed by atoms with E-state index >= 15 is 0 Å². The molecule has 0 aliphatic heterocycles. The van der Waals surface area contributed by atoms with Crippen molar-refractivity contribution in [3.8, 4) is 0 Å². The molecule has 0 saturated heterocycles. The maximum absolute atomic E-state index is 11.4. The van der Waals surface area contributed by atoms with Crippen LogP contribution < -0.4 is 5.32 Å². The summed E-state index contributed by atoms with van der Waals surface area (Å²) in [6, 6.07) is 0. The van der Waals surface area contributed by atoms with Gasteiger partial charge in [-0.15, -0.1) is 0 Å². The third-order valence-corrected chi connectivity index (χ3v) is 4.14. The molecule has 0 aromatic carbocycles. The van der Waals surface area contributed by atoms with Crippen LogP contribution in [0, 0.1) is 0 Å². The van der Waals surface area contributed by atoms with Crippen molar-refractivity contribution in [2.24, 2.45) is 0 Å². The fourth-order valence-electron chi connectivity index (χ4n) is 2.69. The maximum atomic E-state index is 11.4. The molecule has 0 rings (SSSR count). The van der Waals surface area contributed by atoms with E-state index in [2.05, 4.69) is 12.2 Å². The number of amides is 1. The minimum atomic E-state index is -0.00470. The van der Waals surface area contributed by atoms with Crippen LogP contribution in [0.2, 0.25) is 0 Å². The monoisotopic (exact) mass is 330 g/mol. The zero-order valence-electron chi connectivity index (χ0n) is 15.1. The molecule has 0 bridgehead atoms. The Hall–Kier alpha value is -0.650. The molecule has 0 radical (unpaired) electrons. The van der Waals surface area contributed by atoms with Crippen molar-refractivity contribution in [1.82, 2.24) is 10.5 Å². The molecule has 0 aliphatic rings. The van der Waals surface area contributed by atoms with Gasteiger partial charge < -0.3 is 5.32 Å². The predicted octanol–water partition coefficient (Wildman–Crippen LogP) is 4.66. The first-order chi connectivity index (χ1) is 11.2. The van der Waals surface area contributed by atoms with Crippen LogP contribution in [0.1, 0.15) is 96.8 Å². The van der Waals surface area contributed by atoms with Gasteiger partial charge in [-0.25, -0.2) is 0 Å². The molecule has 0 heterocycles. The van der Waals surface area contributed by atoms with E-state index in [1.165, 1.54) is 70.6 Å². The molecule has 0 unspecified atom stereocenters. The summed E-state index contributed by atoms with van der Waals surface area (Å²) in [6.07, 6.45) is 17.4. The average Bonchev–Trinajstić information content (AvgIpc) is 2.51. The molecule has 0 atom stereocenters. The number of hydrogen-bond acceptors (Lipinski definition) is 4. The summed E-state index contributed by atoms with van der Waals surface area (Å²) in [5, 5.41) is 19.7. The Morgan fingerprint density at radius 1 is 0.783 bits per heavy atom. The lowest BCUT2D eigenvalue weighted by Crippen LogP contribution is -2.31. The van der Waals surface area contributed by atoms with Crippen molar-refractivity contribution in [2.45, 2.75) is 96.8 Å². The topological polar surface area (TPSA) is 72.8 Å². The Morgan fingerprint density at radius 3 is 1.65 bits per heavy atom. The predicted molar refractivity (Wildman–Crippen MR) is 93.6 cm³/mol. The highest BCUT2D eigenvalue weighted by Crippen LogP contribution is 2.12. The average molecular weight is 331 g/mol. The van der Waals surface area contributed by atoms with Crippen molar-refractivity contribution < 1.29 is 15.2 Å². The van der Waals surface area contributed by atoms with Gasteiger partial charge in [-0.1, -0.05) is 89.2 Å². The van der Waals surface area contributed by atoms with Gasteiger partial charge in [-0.3, -0.25) is 15.2 Å². The second kappa shape index (κ2) is 17.7. The minimum Gasteiger partial charge on any atom is -0.355 e.